The molecule has 2 nitrogen and oxygen atoms in total. The van der Waals surface area contributed by atoms with Crippen LogP contribution in [0.1, 0.15) is 39.7 Å². The third-order valence-corrected chi connectivity index (χ3v) is 3.30. The standard InChI is InChI=1S/C14H23NO/c1-11(14(2,3)4)8-13(16)9-12-6-5-7-15-10-12/h5-7,10-11,13,16H,8-9H2,1-4H3. The molecule has 0 aromatic carbocycles. The van der Waals surface area contributed by atoms with Crippen LogP contribution in [0.2, 0.25) is 0 Å². The van der Waals surface area contributed by atoms with E-state index < -0.39 is 0 Å². The molecule has 1 heterocycles. The molecule has 1 rings (SSSR count). The number of rotatable bonds is 4. The normalized spacial score (nSPS) is 15.8. The SMILES string of the molecule is CC(CC(O)Cc1cccnc1)C(C)(C)C. The van der Waals surface area contributed by atoms with Crippen LogP contribution in [0.25, 0.3) is 0 Å². The highest BCUT2D eigenvalue weighted by molar-refractivity contribution is 5.09. The molecule has 90 valence electrons. The molecule has 0 saturated heterocycles. The van der Waals surface area contributed by atoms with Crippen molar-refractivity contribution in [3.63, 3.8) is 0 Å². The minimum atomic E-state index is -0.265. The van der Waals surface area contributed by atoms with Crippen LogP contribution < -0.4 is 0 Å². The van der Waals surface area contributed by atoms with Gasteiger partial charge in [-0.1, -0.05) is 33.8 Å². The van der Waals surface area contributed by atoms with Crippen molar-refractivity contribution in [2.24, 2.45) is 11.3 Å². The molecule has 0 aliphatic heterocycles. The highest BCUT2D eigenvalue weighted by atomic mass is 16.3. The number of pyridine rings is 1. The molecule has 0 saturated carbocycles. The van der Waals surface area contributed by atoms with E-state index in [1.807, 2.05) is 18.3 Å². The van der Waals surface area contributed by atoms with Crippen molar-refractivity contribution in [1.82, 2.24) is 4.98 Å². The molecule has 2 unspecified atom stereocenters. The highest BCUT2D eigenvalue weighted by Gasteiger charge is 2.22. The first kappa shape index (κ1) is 13.2. The van der Waals surface area contributed by atoms with Crippen molar-refractivity contribution in [3.05, 3.63) is 30.1 Å². The van der Waals surface area contributed by atoms with Crippen LogP contribution in [0.3, 0.4) is 0 Å². The molecule has 0 aliphatic rings. The average molecular weight is 221 g/mol. The molecule has 0 radical (unpaired) electrons. The van der Waals surface area contributed by atoms with Crippen LogP contribution in [0.5, 0.6) is 0 Å². The third-order valence-electron chi connectivity index (χ3n) is 3.30. The number of aliphatic hydroxyl groups is 1. The lowest BCUT2D eigenvalue weighted by Gasteiger charge is -2.29. The maximum absolute atomic E-state index is 10.0. The Morgan fingerprint density at radius 3 is 2.56 bits per heavy atom. The van der Waals surface area contributed by atoms with E-state index in [4.69, 9.17) is 0 Å². The summed E-state index contributed by atoms with van der Waals surface area (Å²) in [7, 11) is 0. The smallest absolute Gasteiger partial charge is 0.0583 e. The summed E-state index contributed by atoms with van der Waals surface area (Å²) in [6, 6.07) is 3.92. The van der Waals surface area contributed by atoms with Crippen LogP contribution in [0, 0.1) is 11.3 Å². The number of aliphatic hydroxyl groups excluding tert-OH is 1. The van der Waals surface area contributed by atoms with Gasteiger partial charge in [0.1, 0.15) is 0 Å². The number of hydrogen-bond donors (Lipinski definition) is 1. The lowest BCUT2D eigenvalue weighted by Crippen LogP contribution is -2.24. The Labute approximate surface area is 98.7 Å². The predicted octanol–water partition coefficient (Wildman–Crippen LogP) is 3.06. The van der Waals surface area contributed by atoms with Gasteiger partial charge < -0.3 is 5.11 Å². The average Bonchev–Trinajstić information content (AvgIpc) is 2.17. The van der Waals surface area contributed by atoms with E-state index in [2.05, 4.69) is 32.7 Å². The molecule has 16 heavy (non-hydrogen) atoms. The van der Waals surface area contributed by atoms with Crippen LogP contribution in [0.4, 0.5) is 0 Å². The van der Waals surface area contributed by atoms with Crippen molar-refractivity contribution in [2.45, 2.75) is 46.6 Å². The zero-order valence-electron chi connectivity index (χ0n) is 10.8. The minimum absolute atomic E-state index is 0.260. The van der Waals surface area contributed by atoms with Crippen LogP contribution >= 0.6 is 0 Å². The Morgan fingerprint density at radius 2 is 2.06 bits per heavy atom. The van der Waals surface area contributed by atoms with Gasteiger partial charge in [-0.05, 0) is 35.8 Å². The summed E-state index contributed by atoms with van der Waals surface area (Å²) in [5, 5.41) is 10.0. The van der Waals surface area contributed by atoms with Gasteiger partial charge >= 0.3 is 0 Å². The number of nitrogens with zero attached hydrogens (tertiary/aromatic N) is 1. The molecule has 0 fully saturated rings. The van der Waals surface area contributed by atoms with E-state index in [-0.39, 0.29) is 11.5 Å². The summed E-state index contributed by atoms with van der Waals surface area (Å²) in [4.78, 5) is 4.05. The zero-order valence-corrected chi connectivity index (χ0v) is 10.8. The van der Waals surface area contributed by atoms with Crippen molar-refractivity contribution < 1.29 is 5.11 Å². The van der Waals surface area contributed by atoms with Gasteiger partial charge in [-0.2, -0.15) is 0 Å². The molecule has 1 N–H and O–H groups in total. The molecular weight excluding hydrogens is 198 g/mol. The van der Waals surface area contributed by atoms with Gasteiger partial charge in [-0.15, -0.1) is 0 Å². The van der Waals surface area contributed by atoms with Gasteiger partial charge in [0.2, 0.25) is 0 Å². The second-order valence-electron chi connectivity index (χ2n) is 5.72. The van der Waals surface area contributed by atoms with Crippen molar-refractivity contribution in [3.8, 4) is 0 Å². The van der Waals surface area contributed by atoms with E-state index in [1.54, 1.807) is 6.20 Å². The van der Waals surface area contributed by atoms with Gasteiger partial charge in [-0.25, -0.2) is 0 Å². The fraction of sp³-hybridized carbons (Fsp3) is 0.643. The Kier molecular flexibility index (Phi) is 4.48. The fourth-order valence-corrected chi connectivity index (χ4v) is 1.64. The van der Waals surface area contributed by atoms with Crippen molar-refractivity contribution in [1.29, 1.82) is 0 Å². The van der Waals surface area contributed by atoms with Gasteiger partial charge in [0.15, 0.2) is 0 Å². The van der Waals surface area contributed by atoms with Gasteiger partial charge in [0.25, 0.3) is 0 Å². The highest BCUT2D eigenvalue weighted by Crippen LogP contribution is 2.29. The Morgan fingerprint density at radius 1 is 1.38 bits per heavy atom. The summed E-state index contributed by atoms with van der Waals surface area (Å²) < 4.78 is 0. The lowest BCUT2D eigenvalue weighted by molar-refractivity contribution is 0.110. The molecule has 2 atom stereocenters. The lowest BCUT2D eigenvalue weighted by atomic mass is 9.78. The van der Waals surface area contributed by atoms with E-state index in [9.17, 15) is 5.11 Å². The molecule has 1 aromatic rings. The maximum Gasteiger partial charge on any atom is 0.0583 e. The van der Waals surface area contributed by atoms with Crippen molar-refractivity contribution in [2.75, 3.05) is 0 Å². The Balaban J connectivity index is 2.45. The fourth-order valence-electron chi connectivity index (χ4n) is 1.64. The predicted molar refractivity (Wildman–Crippen MR) is 67.2 cm³/mol. The molecule has 0 spiro atoms. The zero-order chi connectivity index (χ0) is 12.2. The molecule has 0 bridgehead atoms. The molecule has 0 amide bonds. The number of aromatic nitrogens is 1. The topological polar surface area (TPSA) is 33.1 Å². The van der Waals surface area contributed by atoms with Crippen LogP contribution in [-0.4, -0.2) is 16.2 Å². The summed E-state index contributed by atoms with van der Waals surface area (Å²) in [5.74, 6) is 0.513. The summed E-state index contributed by atoms with van der Waals surface area (Å²) in [6.45, 7) is 8.85. The van der Waals surface area contributed by atoms with Crippen LogP contribution in [0.15, 0.2) is 24.5 Å². The van der Waals surface area contributed by atoms with Gasteiger partial charge in [0.05, 0.1) is 6.10 Å². The minimum Gasteiger partial charge on any atom is -0.393 e. The summed E-state index contributed by atoms with van der Waals surface area (Å²) >= 11 is 0. The van der Waals surface area contributed by atoms with E-state index in [0.29, 0.717) is 12.3 Å². The largest absolute Gasteiger partial charge is 0.393 e. The first-order valence-electron chi connectivity index (χ1n) is 5.96. The summed E-state index contributed by atoms with van der Waals surface area (Å²) in [5.41, 5.74) is 1.37. The first-order valence-corrected chi connectivity index (χ1v) is 5.96. The van der Waals surface area contributed by atoms with E-state index >= 15 is 0 Å². The second kappa shape index (κ2) is 5.44. The Bertz CT molecular complexity index is 302. The van der Waals surface area contributed by atoms with E-state index in [0.717, 1.165) is 12.0 Å². The first-order chi connectivity index (χ1) is 7.39. The van der Waals surface area contributed by atoms with Crippen LogP contribution in [-0.2, 0) is 6.42 Å². The maximum atomic E-state index is 10.0. The Hall–Kier alpha value is -0.890. The second-order valence-corrected chi connectivity index (χ2v) is 5.72. The number of hydrogen-bond acceptors (Lipinski definition) is 2. The summed E-state index contributed by atoms with van der Waals surface area (Å²) in [6.07, 6.45) is 4.86. The monoisotopic (exact) mass is 221 g/mol. The molecule has 2 heteroatoms. The quantitative estimate of drug-likeness (QED) is 0.847. The molecule has 1 aromatic heterocycles. The van der Waals surface area contributed by atoms with Gasteiger partial charge in [0, 0.05) is 12.4 Å². The molecule has 0 aliphatic carbocycles. The van der Waals surface area contributed by atoms with E-state index in [1.165, 1.54) is 0 Å². The molecular formula is C14H23NO. The third kappa shape index (κ3) is 4.31. The van der Waals surface area contributed by atoms with Crippen molar-refractivity contribution >= 4 is 0 Å². The van der Waals surface area contributed by atoms with Gasteiger partial charge in [-0.3, -0.25) is 4.98 Å².